The van der Waals surface area contributed by atoms with Crippen molar-refractivity contribution in [2.75, 3.05) is 6.61 Å². The summed E-state index contributed by atoms with van der Waals surface area (Å²) in [5.74, 6) is -0.727. The molecule has 0 aromatic carbocycles. The Kier molecular flexibility index (Phi) is 2.04. The Bertz CT molecular complexity index is 261. The number of cyclic esters (lactones) is 1. The number of Topliss-reactive ketones (excluding diaryl/α,β-unsaturated/α-hetero) is 1. The Morgan fingerprint density at radius 3 is 2.58 bits per heavy atom. The number of hydrogen-bond donors (Lipinski definition) is 0. The van der Waals surface area contributed by atoms with Crippen LogP contribution in [0.3, 0.4) is 0 Å². The molecule has 0 atom stereocenters. The van der Waals surface area contributed by atoms with Gasteiger partial charge in [0, 0.05) is 5.41 Å². The minimum atomic E-state index is -0.498. The fourth-order valence-corrected chi connectivity index (χ4v) is 1.07. The Labute approximate surface area is 71.4 Å². The Hall–Kier alpha value is -1.12. The molecule has 66 valence electrons. The average Bonchev–Trinajstić information content (AvgIpc) is 1.94. The van der Waals surface area contributed by atoms with E-state index >= 15 is 0 Å². The van der Waals surface area contributed by atoms with Gasteiger partial charge in [-0.15, -0.1) is 0 Å². The van der Waals surface area contributed by atoms with Gasteiger partial charge in [-0.25, -0.2) is 4.79 Å². The number of ketones is 1. The molecule has 1 aliphatic rings. The van der Waals surface area contributed by atoms with Gasteiger partial charge in [0.2, 0.25) is 0 Å². The van der Waals surface area contributed by atoms with Gasteiger partial charge in [0.15, 0.2) is 5.78 Å². The molecule has 1 aliphatic heterocycles. The molecule has 3 heteroatoms. The summed E-state index contributed by atoms with van der Waals surface area (Å²) in [4.78, 5) is 21.9. The zero-order valence-electron chi connectivity index (χ0n) is 7.51. The van der Waals surface area contributed by atoms with E-state index in [4.69, 9.17) is 4.74 Å². The van der Waals surface area contributed by atoms with E-state index in [1.165, 1.54) is 6.92 Å². The third-order valence-corrected chi connectivity index (χ3v) is 1.71. The molecule has 0 spiro atoms. The quantitative estimate of drug-likeness (QED) is 0.434. The van der Waals surface area contributed by atoms with Crippen molar-refractivity contribution in [1.82, 2.24) is 0 Å². The molecule has 1 heterocycles. The van der Waals surface area contributed by atoms with Crippen molar-refractivity contribution >= 4 is 11.8 Å². The van der Waals surface area contributed by atoms with Gasteiger partial charge < -0.3 is 4.74 Å². The molecule has 0 aromatic heterocycles. The molecule has 12 heavy (non-hydrogen) atoms. The lowest BCUT2D eigenvalue weighted by Crippen LogP contribution is -2.29. The van der Waals surface area contributed by atoms with Crippen LogP contribution in [0.25, 0.3) is 0 Å². The van der Waals surface area contributed by atoms with Crippen LogP contribution in [0, 0.1) is 5.41 Å². The van der Waals surface area contributed by atoms with E-state index in [0.29, 0.717) is 6.61 Å². The third kappa shape index (κ3) is 1.72. The molecular weight excluding hydrogens is 156 g/mol. The van der Waals surface area contributed by atoms with E-state index in [0.717, 1.165) is 0 Å². The maximum atomic E-state index is 11.0. The van der Waals surface area contributed by atoms with Crippen LogP contribution in [0.2, 0.25) is 0 Å². The molecule has 0 unspecified atom stereocenters. The molecule has 0 N–H and O–H groups in total. The van der Waals surface area contributed by atoms with Crippen molar-refractivity contribution in [2.24, 2.45) is 5.41 Å². The number of rotatable bonds is 1. The summed E-state index contributed by atoms with van der Waals surface area (Å²) in [5, 5.41) is 0. The average molecular weight is 168 g/mol. The van der Waals surface area contributed by atoms with Crippen LogP contribution in [0.1, 0.15) is 20.8 Å². The number of esters is 1. The van der Waals surface area contributed by atoms with E-state index in [9.17, 15) is 9.59 Å². The van der Waals surface area contributed by atoms with Crippen molar-refractivity contribution in [2.45, 2.75) is 20.8 Å². The first-order valence-electron chi connectivity index (χ1n) is 3.83. The standard InChI is InChI=1S/C9H12O3/c1-6(10)7-4-9(2,3)5-12-8(7)11/h4H,5H2,1-3H3. The van der Waals surface area contributed by atoms with Crippen LogP contribution >= 0.6 is 0 Å². The molecule has 1 rings (SSSR count). The minimum absolute atomic E-state index is 0.172. The Morgan fingerprint density at radius 1 is 1.58 bits per heavy atom. The second-order valence-corrected chi connectivity index (χ2v) is 3.68. The van der Waals surface area contributed by atoms with Crippen molar-refractivity contribution in [1.29, 1.82) is 0 Å². The highest BCUT2D eigenvalue weighted by atomic mass is 16.5. The summed E-state index contributed by atoms with van der Waals surface area (Å²) in [6.07, 6.45) is 1.68. The maximum Gasteiger partial charge on any atom is 0.341 e. The molecule has 0 radical (unpaired) electrons. The highest BCUT2D eigenvalue weighted by Gasteiger charge is 2.29. The molecule has 3 nitrogen and oxygen atoms in total. The summed E-state index contributed by atoms with van der Waals surface area (Å²) in [7, 11) is 0. The molecule has 0 aliphatic carbocycles. The van der Waals surface area contributed by atoms with Crippen LogP contribution in [0.4, 0.5) is 0 Å². The predicted octanol–water partition coefficient (Wildman–Crippen LogP) is 1.08. The Balaban J connectivity index is 3.01. The number of hydrogen-bond acceptors (Lipinski definition) is 3. The zero-order chi connectivity index (χ0) is 9.35. The lowest BCUT2D eigenvalue weighted by atomic mass is 9.89. The maximum absolute atomic E-state index is 11.0. The first kappa shape index (κ1) is 8.97. The van der Waals surface area contributed by atoms with E-state index in [-0.39, 0.29) is 16.8 Å². The molecular formula is C9H12O3. The monoisotopic (exact) mass is 168 g/mol. The summed E-state index contributed by atoms with van der Waals surface area (Å²) < 4.78 is 4.84. The largest absolute Gasteiger partial charge is 0.461 e. The molecule has 0 saturated heterocycles. The second-order valence-electron chi connectivity index (χ2n) is 3.68. The fourth-order valence-electron chi connectivity index (χ4n) is 1.07. The minimum Gasteiger partial charge on any atom is -0.461 e. The van der Waals surface area contributed by atoms with Crippen LogP contribution in [-0.4, -0.2) is 18.4 Å². The predicted molar refractivity (Wildman–Crippen MR) is 43.5 cm³/mol. The van der Waals surface area contributed by atoms with E-state index in [1.54, 1.807) is 6.08 Å². The normalized spacial score (nSPS) is 21.2. The van der Waals surface area contributed by atoms with E-state index in [1.807, 2.05) is 13.8 Å². The van der Waals surface area contributed by atoms with Gasteiger partial charge in [-0.05, 0) is 6.92 Å². The zero-order valence-corrected chi connectivity index (χ0v) is 7.51. The van der Waals surface area contributed by atoms with Gasteiger partial charge in [-0.2, -0.15) is 0 Å². The van der Waals surface area contributed by atoms with Crippen LogP contribution < -0.4 is 0 Å². The summed E-state index contributed by atoms with van der Waals surface area (Å²) >= 11 is 0. The van der Waals surface area contributed by atoms with Crippen LogP contribution in [0.15, 0.2) is 11.6 Å². The highest BCUT2D eigenvalue weighted by Crippen LogP contribution is 2.25. The SMILES string of the molecule is CC(=O)C1=CC(C)(C)COC1=O. The van der Waals surface area contributed by atoms with Gasteiger partial charge in [0.05, 0.1) is 5.57 Å². The number of carbonyl (C=O) groups is 2. The van der Waals surface area contributed by atoms with Gasteiger partial charge >= 0.3 is 5.97 Å². The summed E-state index contributed by atoms with van der Waals surface area (Å²) in [5.41, 5.74) is -0.0409. The molecule has 0 bridgehead atoms. The highest BCUT2D eigenvalue weighted by molar-refractivity contribution is 6.16. The summed E-state index contributed by atoms with van der Waals surface area (Å²) in [6.45, 7) is 5.56. The van der Waals surface area contributed by atoms with E-state index < -0.39 is 5.97 Å². The topological polar surface area (TPSA) is 43.4 Å². The molecule has 0 saturated carbocycles. The smallest absolute Gasteiger partial charge is 0.341 e. The summed E-state index contributed by atoms with van der Waals surface area (Å²) in [6, 6.07) is 0. The van der Waals surface area contributed by atoms with Gasteiger partial charge in [-0.3, -0.25) is 4.79 Å². The molecule has 0 amide bonds. The number of carbonyl (C=O) groups excluding carboxylic acids is 2. The van der Waals surface area contributed by atoms with Crippen molar-refractivity contribution in [3.05, 3.63) is 11.6 Å². The van der Waals surface area contributed by atoms with Crippen molar-refractivity contribution < 1.29 is 14.3 Å². The van der Waals surface area contributed by atoms with Gasteiger partial charge in [0.25, 0.3) is 0 Å². The van der Waals surface area contributed by atoms with Crippen molar-refractivity contribution in [3.8, 4) is 0 Å². The lowest BCUT2D eigenvalue weighted by molar-refractivity contribution is -0.144. The fraction of sp³-hybridized carbons (Fsp3) is 0.556. The Morgan fingerprint density at radius 2 is 2.17 bits per heavy atom. The van der Waals surface area contributed by atoms with E-state index in [2.05, 4.69) is 0 Å². The first-order valence-corrected chi connectivity index (χ1v) is 3.83. The molecule has 0 fully saturated rings. The van der Waals surface area contributed by atoms with Crippen LogP contribution in [-0.2, 0) is 14.3 Å². The third-order valence-electron chi connectivity index (χ3n) is 1.71. The van der Waals surface area contributed by atoms with Gasteiger partial charge in [-0.1, -0.05) is 19.9 Å². The molecule has 0 aromatic rings. The van der Waals surface area contributed by atoms with Crippen LogP contribution in [0.5, 0.6) is 0 Å². The number of ether oxygens (including phenoxy) is 1. The first-order chi connectivity index (χ1) is 5.42. The van der Waals surface area contributed by atoms with Crippen molar-refractivity contribution in [3.63, 3.8) is 0 Å². The lowest BCUT2D eigenvalue weighted by Gasteiger charge is -2.25. The van der Waals surface area contributed by atoms with Gasteiger partial charge in [0.1, 0.15) is 6.61 Å². The second kappa shape index (κ2) is 2.73.